The molecule has 0 atom stereocenters. The SMILES string of the molecule is Cc1ccccc1Cn1cc(CO)c2cccnc21. The highest BCUT2D eigenvalue weighted by molar-refractivity contribution is 5.80. The summed E-state index contributed by atoms with van der Waals surface area (Å²) in [4.78, 5) is 4.43. The molecule has 2 aromatic heterocycles. The van der Waals surface area contributed by atoms with Crippen molar-refractivity contribution >= 4 is 11.0 Å². The zero-order valence-electron chi connectivity index (χ0n) is 10.9. The van der Waals surface area contributed by atoms with E-state index in [2.05, 4.69) is 34.7 Å². The number of aromatic nitrogens is 2. The van der Waals surface area contributed by atoms with E-state index < -0.39 is 0 Å². The molecule has 0 saturated heterocycles. The predicted molar refractivity (Wildman–Crippen MR) is 75.9 cm³/mol. The summed E-state index contributed by atoms with van der Waals surface area (Å²) in [5, 5.41) is 10.5. The summed E-state index contributed by atoms with van der Waals surface area (Å²) >= 11 is 0. The Kier molecular flexibility index (Phi) is 3.05. The van der Waals surface area contributed by atoms with Gasteiger partial charge in [0.2, 0.25) is 0 Å². The van der Waals surface area contributed by atoms with Gasteiger partial charge < -0.3 is 9.67 Å². The van der Waals surface area contributed by atoms with Crippen molar-refractivity contribution in [3.63, 3.8) is 0 Å². The first-order valence-electron chi connectivity index (χ1n) is 6.37. The fourth-order valence-electron chi connectivity index (χ4n) is 2.41. The Morgan fingerprint density at radius 1 is 1.11 bits per heavy atom. The highest BCUT2D eigenvalue weighted by atomic mass is 16.3. The minimum Gasteiger partial charge on any atom is -0.392 e. The molecule has 3 heteroatoms. The van der Waals surface area contributed by atoms with Gasteiger partial charge in [-0.05, 0) is 30.2 Å². The van der Waals surface area contributed by atoms with Gasteiger partial charge in [-0.25, -0.2) is 4.98 Å². The molecule has 0 saturated carbocycles. The second kappa shape index (κ2) is 4.86. The number of aryl methyl sites for hydroxylation is 1. The summed E-state index contributed by atoms with van der Waals surface area (Å²) in [5.41, 5.74) is 4.40. The first-order chi connectivity index (χ1) is 9.29. The first-order valence-corrected chi connectivity index (χ1v) is 6.37. The van der Waals surface area contributed by atoms with Gasteiger partial charge in [0, 0.05) is 29.9 Å². The Bertz CT molecular complexity index is 716. The van der Waals surface area contributed by atoms with Crippen molar-refractivity contribution in [2.75, 3.05) is 0 Å². The average Bonchev–Trinajstić information content (AvgIpc) is 2.80. The molecule has 0 aliphatic carbocycles. The number of fused-ring (bicyclic) bond motifs is 1. The molecular weight excluding hydrogens is 236 g/mol. The van der Waals surface area contributed by atoms with Crippen LogP contribution in [0.5, 0.6) is 0 Å². The molecule has 0 fully saturated rings. The molecule has 2 heterocycles. The monoisotopic (exact) mass is 252 g/mol. The number of pyridine rings is 1. The second-order valence-electron chi connectivity index (χ2n) is 4.74. The van der Waals surface area contributed by atoms with E-state index in [-0.39, 0.29) is 6.61 Å². The Hall–Kier alpha value is -2.13. The van der Waals surface area contributed by atoms with Crippen LogP contribution in [0.4, 0.5) is 0 Å². The normalized spacial score (nSPS) is 11.1. The maximum absolute atomic E-state index is 9.43. The molecule has 0 spiro atoms. The van der Waals surface area contributed by atoms with Gasteiger partial charge in [0.1, 0.15) is 5.65 Å². The van der Waals surface area contributed by atoms with Crippen LogP contribution < -0.4 is 0 Å². The predicted octanol–water partition coefficient (Wildman–Crippen LogP) is 2.89. The van der Waals surface area contributed by atoms with Crippen LogP contribution in [0.15, 0.2) is 48.8 Å². The molecule has 3 rings (SSSR count). The Morgan fingerprint density at radius 3 is 2.74 bits per heavy atom. The maximum Gasteiger partial charge on any atom is 0.140 e. The lowest BCUT2D eigenvalue weighted by Gasteiger charge is -2.07. The molecule has 0 aliphatic rings. The van der Waals surface area contributed by atoms with Crippen molar-refractivity contribution in [3.05, 3.63) is 65.5 Å². The summed E-state index contributed by atoms with van der Waals surface area (Å²) in [5.74, 6) is 0. The van der Waals surface area contributed by atoms with Crippen molar-refractivity contribution in [3.8, 4) is 0 Å². The molecule has 0 amide bonds. The van der Waals surface area contributed by atoms with E-state index in [9.17, 15) is 5.11 Å². The lowest BCUT2D eigenvalue weighted by molar-refractivity contribution is 0.283. The van der Waals surface area contributed by atoms with Gasteiger partial charge in [-0.15, -0.1) is 0 Å². The quantitative estimate of drug-likeness (QED) is 0.778. The van der Waals surface area contributed by atoms with Gasteiger partial charge in [0.25, 0.3) is 0 Å². The number of hydrogen-bond acceptors (Lipinski definition) is 2. The summed E-state index contributed by atoms with van der Waals surface area (Å²) < 4.78 is 2.10. The van der Waals surface area contributed by atoms with Crippen molar-refractivity contribution in [2.24, 2.45) is 0 Å². The number of benzene rings is 1. The third-order valence-corrected chi connectivity index (χ3v) is 3.49. The minimum atomic E-state index is 0.0446. The molecule has 3 nitrogen and oxygen atoms in total. The van der Waals surface area contributed by atoms with Crippen LogP contribution in [-0.2, 0) is 13.2 Å². The van der Waals surface area contributed by atoms with E-state index >= 15 is 0 Å². The molecule has 96 valence electrons. The topological polar surface area (TPSA) is 38.0 Å². The zero-order chi connectivity index (χ0) is 13.2. The summed E-state index contributed by atoms with van der Waals surface area (Å²) in [6.45, 7) is 2.94. The summed E-state index contributed by atoms with van der Waals surface area (Å²) in [7, 11) is 0. The van der Waals surface area contributed by atoms with E-state index in [0.717, 1.165) is 23.1 Å². The van der Waals surface area contributed by atoms with Crippen LogP contribution in [-0.4, -0.2) is 14.7 Å². The molecule has 19 heavy (non-hydrogen) atoms. The number of hydrogen-bond donors (Lipinski definition) is 1. The standard InChI is InChI=1S/C16H16N2O/c1-12-5-2-3-6-13(12)9-18-10-14(11-19)15-7-4-8-17-16(15)18/h2-8,10,19H,9,11H2,1H3. The van der Waals surface area contributed by atoms with Crippen LogP contribution in [0, 0.1) is 6.92 Å². The lowest BCUT2D eigenvalue weighted by atomic mass is 10.1. The van der Waals surface area contributed by atoms with E-state index in [1.54, 1.807) is 6.20 Å². The van der Waals surface area contributed by atoms with Crippen molar-refractivity contribution in [1.82, 2.24) is 9.55 Å². The fraction of sp³-hybridized carbons (Fsp3) is 0.188. The second-order valence-corrected chi connectivity index (χ2v) is 4.74. The van der Waals surface area contributed by atoms with Gasteiger partial charge in [-0.3, -0.25) is 0 Å². The molecule has 1 aromatic carbocycles. The van der Waals surface area contributed by atoms with E-state index in [4.69, 9.17) is 0 Å². The third kappa shape index (κ3) is 2.13. The fourth-order valence-corrected chi connectivity index (χ4v) is 2.41. The van der Waals surface area contributed by atoms with Crippen LogP contribution in [0.2, 0.25) is 0 Å². The van der Waals surface area contributed by atoms with Crippen molar-refractivity contribution < 1.29 is 5.11 Å². The van der Waals surface area contributed by atoms with Gasteiger partial charge in [-0.1, -0.05) is 24.3 Å². The third-order valence-electron chi connectivity index (χ3n) is 3.49. The molecule has 0 unspecified atom stereocenters. The minimum absolute atomic E-state index is 0.0446. The van der Waals surface area contributed by atoms with Crippen LogP contribution in [0.25, 0.3) is 11.0 Å². The van der Waals surface area contributed by atoms with Gasteiger partial charge in [0.05, 0.1) is 6.61 Å². The van der Waals surface area contributed by atoms with E-state index in [1.807, 2.05) is 24.4 Å². The lowest BCUT2D eigenvalue weighted by Crippen LogP contribution is -2.00. The number of aliphatic hydroxyl groups excluding tert-OH is 1. The highest BCUT2D eigenvalue weighted by Crippen LogP contribution is 2.21. The van der Waals surface area contributed by atoms with Crippen LogP contribution >= 0.6 is 0 Å². The number of nitrogens with zero attached hydrogens (tertiary/aromatic N) is 2. The number of aliphatic hydroxyl groups is 1. The van der Waals surface area contributed by atoms with E-state index in [1.165, 1.54) is 11.1 Å². The summed E-state index contributed by atoms with van der Waals surface area (Å²) in [6.07, 6.45) is 3.78. The van der Waals surface area contributed by atoms with Gasteiger partial charge in [-0.2, -0.15) is 0 Å². The molecular formula is C16H16N2O. The Balaban J connectivity index is 2.09. The molecule has 1 N–H and O–H groups in total. The average molecular weight is 252 g/mol. The Morgan fingerprint density at radius 2 is 1.95 bits per heavy atom. The summed E-state index contributed by atoms with van der Waals surface area (Å²) in [6, 6.07) is 12.2. The highest BCUT2D eigenvalue weighted by Gasteiger charge is 2.09. The van der Waals surface area contributed by atoms with Crippen LogP contribution in [0.1, 0.15) is 16.7 Å². The molecule has 0 radical (unpaired) electrons. The first kappa shape index (κ1) is 11.9. The van der Waals surface area contributed by atoms with Gasteiger partial charge in [0.15, 0.2) is 0 Å². The zero-order valence-corrected chi connectivity index (χ0v) is 10.9. The van der Waals surface area contributed by atoms with Crippen molar-refractivity contribution in [1.29, 1.82) is 0 Å². The van der Waals surface area contributed by atoms with Gasteiger partial charge >= 0.3 is 0 Å². The Labute approximate surface area is 112 Å². The molecule has 0 bridgehead atoms. The smallest absolute Gasteiger partial charge is 0.140 e. The molecule has 0 aliphatic heterocycles. The largest absolute Gasteiger partial charge is 0.392 e. The number of rotatable bonds is 3. The van der Waals surface area contributed by atoms with Crippen LogP contribution in [0.3, 0.4) is 0 Å². The molecule has 3 aromatic rings. The van der Waals surface area contributed by atoms with E-state index in [0.29, 0.717) is 0 Å². The maximum atomic E-state index is 9.43. The van der Waals surface area contributed by atoms with Crippen molar-refractivity contribution in [2.45, 2.75) is 20.1 Å².